The zero-order valence-electron chi connectivity index (χ0n) is 18.4. The molecule has 1 amide bonds. The third-order valence-electron chi connectivity index (χ3n) is 5.46. The van der Waals surface area contributed by atoms with Gasteiger partial charge >= 0.3 is 0 Å². The van der Waals surface area contributed by atoms with Crippen LogP contribution in [0.2, 0.25) is 0 Å². The summed E-state index contributed by atoms with van der Waals surface area (Å²) in [6.45, 7) is 1.35. The molecule has 0 aromatic heterocycles. The SMILES string of the molecule is COc1ccc(S(=O)(=O)Nc2ccc(CSc3ccccc3)cc2)cc1C(=O)N1CCCC1. The number of carbonyl (C=O) groups is 1. The minimum Gasteiger partial charge on any atom is -0.496 e. The van der Waals surface area contributed by atoms with Crippen molar-refractivity contribution in [2.45, 2.75) is 28.4 Å². The lowest BCUT2D eigenvalue weighted by molar-refractivity contribution is 0.0789. The summed E-state index contributed by atoms with van der Waals surface area (Å²) in [4.78, 5) is 15.8. The summed E-state index contributed by atoms with van der Waals surface area (Å²) in [6.07, 6.45) is 1.90. The maximum absolute atomic E-state index is 13.0. The zero-order valence-corrected chi connectivity index (χ0v) is 20.0. The molecule has 0 spiro atoms. The van der Waals surface area contributed by atoms with Crippen molar-refractivity contribution < 1.29 is 17.9 Å². The van der Waals surface area contributed by atoms with Gasteiger partial charge < -0.3 is 9.64 Å². The maximum atomic E-state index is 13.0. The Bertz CT molecular complexity index is 1210. The predicted octanol–water partition coefficient (Wildman–Crippen LogP) is 5.02. The van der Waals surface area contributed by atoms with Crippen LogP contribution in [-0.2, 0) is 15.8 Å². The summed E-state index contributed by atoms with van der Waals surface area (Å²) in [5.41, 5.74) is 1.82. The summed E-state index contributed by atoms with van der Waals surface area (Å²) < 4.78 is 33.9. The fourth-order valence-electron chi connectivity index (χ4n) is 3.68. The molecule has 172 valence electrons. The number of thioether (sulfide) groups is 1. The van der Waals surface area contributed by atoms with Gasteiger partial charge in [-0.2, -0.15) is 0 Å². The molecule has 0 aliphatic carbocycles. The number of benzene rings is 3. The van der Waals surface area contributed by atoms with E-state index in [1.165, 1.54) is 30.2 Å². The van der Waals surface area contributed by atoms with Gasteiger partial charge in [0, 0.05) is 29.4 Å². The van der Waals surface area contributed by atoms with Crippen LogP contribution in [0.4, 0.5) is 5.69 Å². The maximum Gasteiger partial charge on any atom is 0.261 e. The average Bonchev–Trinajstić information content (AvgIpc) is 3.38. The number of hydrogen-bond acceptors (Lipinski definition) is 5. The lowest BCUT2D eigenvalue weighted by Crippen LogP contribution is -2.28. The third kappa shape index (κ3) is 5.69. The lowest BCUT2D eigenvalue weighted by atomic mass is 10.1. The summed E-state index contributed by atoms with van der Waals surface area (Å²) in [6, 6.07) is 21.8. The Kier molecular flexibility index (Phi) is 7.25. The van der Waals surface area contributed by atoms with Crippen molar-refractivity contribution in [1.29, 1.82) is 0 Å². The van der Waals surface area contributed by atoms with E-state index in [9.17, 15) is 13.2 Å². The number of nitrogens with zero attached hydrogens (tertiary/aromatic N) is 1. The van der Waals surface area contributed by atoms with Gasteiger partial charge in [0.2, 0.25) is 0 Å². The lowest BCUT2D eigenvalue weighted by Gasteiger charge is -2.18. The Morgan fingerprint density at radius 3 is 2.36 bits per heavy atom. The monoisotopic (exact) mass is 482 g/mol. The molecule has 1 aliphatic heterocycles. The van der Waals surface area contributed by atoms with Crippen molar-refractivity contribution in [2.24, 2.45) is 0 Å². The van der Waals surface area contributed by atoms with Gasteiger partial charge in [0.1, 0.15) is 5.75 Å². The van der Waals surface area contributed by atoms with Gasteiger partial charge in [-0.1, -0.05) is 30.3 Å². The first-order chi connectivity index (χ1) is 16.0. The van der Waals surface area contributed by atoms with Crippen molar-refractivity contribution in [3.05, 3.63) is 83.9 Å². The molecule has 1 N–H and O–H groups in total. The first kappa shape index (κ1) is 23.2. The fourth-order valence-corrected chi connectivity index (χ4v) is 5.64. The van der Waals surface area contributed by atoms with E-state index in [0.717, 1.165) is 24.2 Å². The molecule has 8 heteroatoms. The second-order valence-corrected chi connectivity index (χ2v) is 10.5. The minimum atomic E-state index is -3.87. The summed E-state index contributed by atoms with van der Waals surface area (Å²) in [7, 11) is -2.40. The molecule has 1 heterocycles. The van der Waals surface area contributed by atoms with Crippen LogP contribution in [0.15, 0.2) is 82.6 Å². The minimum absolute atomic E-state index is 0.0227. The van der Waals surface area contributed by atoms with E-state index in [1.807, 2.05) is 30.3 Å². The van der Waals surface area contributed by atoms with Crippen molar-refractivity contribution in [1.82, 2.24) is 4.90 Å². The van der Waals surface area contributed by atoms with Gasteiger partial charge in [-0.3, -0.25) is 9.52 Å². The largest absolute Gasteiger partial charge is 0.496 e. The number of nitrogens with one attached hydrogen (secondary N) is 1. The van der Waals surface area contributed by atoms with Gasteiger partial charge in [0.05, 0.1) is 17.6 Å². The molecular formula is C25H26N2O4S2. The van der Waals surface area contributed by atoms with Gasteiger partial charge in [-0.25, -0.2) is 8.42 Å². The first-order valence-corrected chi connectivity index (χ1v) is 13.2. The second-order valence-electron chi connectivity index (χ2n) is 7.77. The molecule has 0 atom stereocenters. The Morgan fingerprint density at radius 2 is 1.70 bits per heavy atom. The summed E-state index contributed by atoms with van der Waals surface area (Å²) >= 11 is 1.72. The normalized spacial score (nSPS) is 13.7. The molecule has 4 rings (SSSR count). The fraction of sp³-hybridized carbons (Fsp3) is 0.240. The molecule has 0 saturated carbocycles. The molecule has 0 bridgehead atoms. The van der Waals surface area contributed by atoms with Crippen LogP contribution in [0.5, 0.6) is 5.75 Å². The standard InChI is InChI=1S/C25H26N2O4S2/c1-31-24-14-13-22(17-23(24)25(28)27-15-5-6-16-27)33(29,30)26-20-11-9-19(10-12-20)18-32-21-7-3-2-4-8-21/h2-4,7-14,17,26H,5-6,15-16,18H2,1H3. The summed E-state index contributed by atoms with van der Waals surface area (Å²) in [5.74, 6) is 0.949. The van der Waals surface area contributed by atoms with Crippen molar-refractivity contribution in [3.8, 4) is 5.75 Å². The zero-order chi connectivity index (χ0) is 23.3. The highest BCUT2D eigenvalue weighted by Gasteiger charge is 2.25. The second kappa shape index (κ2) is 10.3. The highest BCUT2D eigenvalue weighted by atomic mass is 32.2. The number of rotatable bonds is 8. The van der Waals surface area contributed by atoms with Crippen LogP contribution in [0.25, 0.3) is 0 Å². The molecule has 0 radical (unpaired) electrons. The van der Waals surface area contributed by atoms with Crippen molar-refractivity contribution in [2.75, 3.05) is 24.9 Å². The molecule has 1 saturated heterocycles. The molecule has 1 fully saturated rings. The number of hydrogen-bond donors (Lipinski definition) is 1. The highest BCUT2D eigenvalue weighted by molar-refractivity contribution is 7.98. The number of ether oxygens (including phenoxy) is 1. The van der Waals surface area contributed by atoms with E-state index in [-0.39, 0.29) is 16.4 Å². The predicted molar refractivity (Wildman–Crippen MR) is 131 cm³/mol. The quantitative estimate of drug-likeness (QED) is 0.456. The van der Waals surface area contributed by atoms with Crippen LogP contribution < -0.4 is 9.46 Å². The number of carbonyl (C=O) groups excluding carboxylic acids is 1. The topological polar surface area (TPSA) is 75.7 Å². The molecule has 33 heavy (non-hydrogen) atoms. The van der Waals surface area contributed by atoms with E-state index < -0.39 is 10.0 Å². The smallest absolute Gasteiger partial charge is 0.261 e. The van der Waals surface area contributed by atoms with Gasteiger partial charge in [0.15, 0.2) is 0 Å². The Hall–Kier alpha value is -2.97. The third-order valence-corrected chi connectivity index (χ3v) is 7.92. The van der Waals surface area contributed by atoms with Crippen LogP contribution >= 0.6 is 11.8 Å². The number of methoxy groups -OCH3 is 1. The number of sulfonamides is 1. The van der Waals surface area contributed by atoms with Crippen LogP contribution in [0.1, 0.15) is 28.8 Å². The van der Waals surface area contributed by atoms with Crippen molar-refractivity contribution >= 4 is 33.4 Å². The van der Waals surface area contributed by atoms with E-state index in [0.29, 0.717) is 24.5 Å². The summed E-state index contributed by atoms with van der Waals surface area (Å²) in [5, 5.41) is 0. The van der Waals surface area contributed by atoms with Gasteiger partial charge in [-0.05, 0) is 60.9 Å². The van der Waals surface area contributed by atoms with Crippen molar-refractivity contribution in [3.63, 3.8) is 0 Å². The van der Waals surface area contributed by atoms with Gasteiger partial charge in [0.25, 0.3) is 15.9 Å². The average molecular weight is 483 g/mol. The van der Waals surface area contributed by atoms with E-state index >= 15 is 0 Å². The van der Waals surface area contributed by atoms with E-state index in [2.05, 4.69) is 16.9 Å². The van der Waals surface area contributed by atoms with Crippen LogP contribution in [0, 0.1) is 0 Å². The van der Waals surface area contributed by atoms with E-state index in [4.69, 9.17) is 4.74 Å². The Labute approximate surface area is 199 Å². The Morgan fingerprint density at radius 1 is 1.00 bits per heavy atom. The van der Waals surface area contributed by atoms with Crippen LogP contribution in [0.3, 0.4) is 0 Å². The molecule has 3 aromatic carbocycles. The number of anilines is 1. The van der Waals surface area contributed by atoms with E-state index in [1.54, 1.807) is 28.8 Å². The molecule has 1 aliphatic rings. The molecule has 6 nitrogen and oxygen atoms in total. The first-order valence-electron chi connectivity index (χ1n) is 10.7. The Balaban J connectivity index is 1.47. The molecule has 3 aromatic rings. The molecule has 0 unspecified atom stereocenters. The number of amides is 1. The number of likely N-dealkylation sites (tertiary alicyclic amines) is 1. The van der Waals surface area contributed by atoms with Gasteiger partial charge in [-0.15, -0.1) is 11.8 Å². The highest BCUT2D eigenvalue weighted by Crippen LogP contribution is 2.27. The molecular weight excluding hydrogens is 456 g/mol. The van der Waals surface area contributed by atoms with Crippen LogP contribution in [-0.4, -0.2) is 39.4 Å².